The lowest BCUT2D eigenvalue weighted by molar-refractivity contribution is 0.102. The molecule has 1 heterocycles. The third kappa shape index (κ3) is 3.88. The van der Waals surface area contributed by atoms with Gasteiger partial charge in [-0.25, -0.2) is 0 Å². The summed E-state index contributed by atoms with van der Waals surface area (Å²) < 4.78 is 7.73. The van der Waals surface area contributed by atoms with Gasteiger partial charge in [-0.3, -0.25) is 9.48 Å². The fourth-order valence-corrected chi connectivity index (χ4v) is 2.51. The molecule has 1 amide bonds. The second-order valence-corrected chi connectivity index (χ2v) is 5.92. The number of carbonyl (C=O) groups excluding carboxylic acids is 1. The Kier molecular flexibility index (Phi) is 4.84. The van der Waals surface area contributed by atoms with Crippen molar-refractivity contribution in [1.82, 2.24) is 9.78 Å². The highest BCUT2D eigenvalue weighted by molar-refractivity contribution is 6.03. The number of ether oxygens (including phenoxy) is 1. The number of anilines is 1. The maximum atomic E-state index is 12.4. The summed E-state index contributed by atoms with van der Waals surface area (Å²) in [6.07, 6.45) is -0.128. The molecule has 0 saturated carbocycles. The number of hydrogen-bond acceptors (Lipinski definition) is 3. The van der Waals surface area contributed by atoms with Crippen molar-refractivity contribution < 1.29 is 9.53 Å². The van der Waals surface area contributed by atoms with Crippen LogP contribution in [-0.4, -0.2) is 15.7 Å². The van der Waals surface area contributed by atoms with Crippen molar-refractivity contribution in [3.63, 3.8) is 0 Å². The van der Waals surface area contributed by atoms with Crippen LogP contribution in [0.1, 0.15) is 34.8 Å². The van der Waals surface area contributed by atoms with Crippen molar-refractivity contribution in [1.29, 1.82) is 0 Å². The molecule has 0 bridgehead atoms. The monoisotopic (exact) mass is 335 g/mol. The summed E-state index contributed by atoms with van der Waals surface area (Å²) in [5, 5.41) is 7.09. The van der Waals surface area contributed by atoms with E-state index in [1.54, 1.807) is 10.7 Å². The summed E-state index contributed by atoms with van der Waals surface area (Å²) in [7, 11) is 1.81. The molecule has 0 saturated heterocycles. The van der Waals surface area contributed by atoms with Crippen LogP contribution in [0.15, 0.2) is 60.7 Å². The predicted molar refractivity (Wildman–Crippen MR) is 97.8 cm³/mol. The number of aromatic nitrogens is 2. The number of benzene rings is 2. The molecule has 3 aromatic rings. The number of nitrogens with zero attached hydrogens (tertiary/aromatic N) is 2. The SMILES string of the molecule is Cc1cc(C(=O)Nc2ccccc2OC(C)c2ccccc2)nn1C. The Labute approximate surface area is 147 Å². The number of hydrogen-bond donors (Lipinski definition) is 1. The summed E-state index contributed by atoms with van der Waals surface area (Å²) >= 11 is 0. The van der Waals surface area contributed by atoms with Crippen molar-refractivity contribution in [2.45, 2.75) is 20.0 Å². The van der Waals surface area contributed by atoms with E-state index in [2.05, 4.69) is 10.4 Å². The molecule has 0 spiro atoms. The lowest BCUT2D eigenvalue weighted by Crippen LogP contribution is -2.14. The zero-order valence-electron chi connectivity index (χ0n) is 14.6. The number of para-hydroxylation sites is 2. The van der Waals surface area contributed by atoms with Crippen LogP contribution in [0.5, 0.6) is 5.75 Å². The first kappa shape index (κ1) is 16.8. The largest absolute Gasteiger partial charge is 0.484 e. The Bertz CT molecular complexity index is 852. The van der Waals surface area contributed by atoms with Gasteiger partial charge in [0.25, 0.3) is 5.91 Å². The maximum absolute atomic E-state index is 12.4. The lowest BCUT2D eigenvalue weighted by atomic mass is 10.1. The quantitative estimate of drug-likeness (QED) is 0.763. The fraction of sp³-hybridized carbons (Fsp3) is 0.200. The van der Waals surface area contributed by atoms with Crippen molar-refractivity contribution in [3.8, 4) is 5.75 Å². The van der Waals surface area contributed by atoms with Crippen LogP contribution in [0, 0.1) is 6.92 Å². The van der Waals surface area contributed by atoms with Gasteiger partial charge in [-0.05, 0) is 37.6 Å². The number of nitrogens with one attached hydrogen (secondary N) is 1. The molecule has 1 atom stereocenters. The highest BCUT2D eigenvalue weighted by atomic mass is 16.5. The average Bonchev–Trinajstić information content (AvgIpc) is 2.96. The summed E-state index contributed by atoms with van der Waals surface area (Å²) in [5.41, 5.74) is 3.00. The number of aryl methyl sites for hydroxylation is 2. The van der Waals surface area contributed by atoms with Gasteiger partial charge >= 0.3 is 0 Å². The van der Waals surface area contributed by atoms with Gasteiger partial charge in [-0.1, -0.05) is 42.5 Å². The maximum Gasteiger partial charge on any atom is 0.276 e. The molecule has 0 fully saturated rings. The van der Waals surface area contributed by atoms with Crippen LogP contribution in [0.4, 0.5) is 5.69 Å². The van der Waals surface area contributed by atoms with E-state index < -0.39 is 0 Å². The smallest absolute Gasteiger partial charge is 0.276 e. The van der Waals surface area contributed by atoms with E-state index in [1.807, 2.05) is 75.5 Å². The molecular formula is C20H21N3O2. The first-order valence-corrected chi connectivity index (χ1v) is 8.17. The predicted octanol–water partition coefficient (Wildman–Crippen LogP) is 4.12. The molecule has 1 unspecified atom stereocenters. The van der Waals surface area contributed by atoms with Crippen LogP contribution in [-0.2, 0) is 7.05 Å². The minimum atomic E-state index is -0.257. The van der Waals surface area contributed by atoms with E-state index in [4.69, 9.17) is 4.74 Å². The second kappa shape index (κ2) is 7.21. The van der Waals surface area contributed by atoms with Gasteiger partial charge in [-0.15, -0.1) is 0 Å². The van der Waals surface area contributed by atoms with Crippen LogP contribution in [0.25, 0.3) is 0 Å². The van der Waals surface area contributed by atoms with Crippen LogP contribution in [0.2, 0.25) is 0 Å². The van der Waals surface area contributed by atoms with E-state index in [1.165, 1.54) is 0 Å². The van der Waals surface area contributed by atoms with Gasteiger partial charge in [0, 0.05) is 12.7 Å². The molecule has 1 aromatic heterocycles. The molecule has 2 aromatic carbocycles. The number of amides is 1. The number of rotatable bonds is 5. The zero-order valence-corrected chi connectivity index (χ0v) is 14.6. The highest BCUT2D eigenvalue weighted by Gasteiger charge is 2.15. The van der Waals surface area contributed by atoms with Gasteiger partial charge in [0.2, 0.25) is 0 Å². The molecule has 3 rings (SSSR count). The minimum Gasteiger partial charge on any atom is -0.484 e. The van der Waals surface area contributed by atoms with Crippen LogP contribution in [0.3, 0.4) is 0 Å². The van der Waals surface area contributed by atoms with Gasteiger partial charge in [0.1, 0.15) is 11.9 Å². The average molecular weight is 335 g/mol. The molecule has 5 heteroatoms. The molecule has 1 N–H and O–H groups in total. The molecular weight excluding hydrogens is 314 g/mol. The van der Waals surface area contributed by atoms with E-state index >= 15 is 0 Å². The fourth-order valence-electron chi connectivity index (χ4n) is 2.51. The van der Waals surface area contributed by atoms with E-state index in [9.17, 15) is 4.79 Å². The van der Waals surface area contributed by atoms with E-state index in [0.29, 0.717) is 17.1 Å². The van der Waals surface area contributed by atoms with Crippen molar-refractivity contribution in [3.05, 3.63) is 77.6 Å². The molecule has 0 aliphatic carbocycles. The van der Waals surface area contributed by atoms with Crippen LogP contribution >= 0.6 is 0 Å². The van der Waals surface area contributed by atoms with Gasteiger partial charge in [0.15, 0.2) is 5.69 Å². The molecule has 25 heavy (non-hydrogen) atoms. The van der Waals surface area contributed by atoms with E-state index in [-0.39, 0.29) is 12.0 Å². The standard InChI is InChI=1S/C20H21N3O2/c1-14-13-18(22-23(14)3)20(24)21-17-11-7-8-12-19(17)25-15(2)16-9-5-4-6-10-16/h4-13,15H,1-3H3,(H,21,24). The summed E-state index contributed by atoms with van der Waals surface area (Å²) in [4.78, 5) is 12.4. The van der Waals surface area contributed by atoms with Crippen molar-refractivity contribution >= 4 is 11.6 Å². The lowest BCUT2D eigenvalue weighted by Gasteiger charge is -2.18. The Morgan fingerprint density at radius 2 is 1.80 bits per heavy atom. The van der Waals surface area contributed by atoms with Gasteiger partial charge in [-0.2, -0.15) is 5.10 Å². The molecule has 0 radical (unpaired) electrons. The Hall–Kier alpha value is -3.08. The summed E-state index contributed by atoms with van der Waals surface area (Å²) in [5.74, 6) is 0.368. The Morgan fingerprint density at radius 1 is 1.12 bits per heavy atom. The minimum absolute atomic E-state index is 0.128. The molecule has 5 nitrogen and oxygen atoms in total. The third-order valence-corrected chi connectivity index (χ3v) is 4.05. The van der Waals surface area contributed by atoms with Crippen molar-refractivity contribution in [2.24, 2.45) is 7.05 Å². The van der Waals surface area contributed by atoms with E-state index in [0.717, 1.165) is 11.3 Å². The van der Waals surface area contributed by atoms with Crippen LogP contribution < -0.4 is 10.1 Å². The molecule has 0 aliphatic rings. The number of carbonyl (C=O) groups is 1. The normalized spacial score (nSPS) is 11.8. The van der Waals surface area contributed by atoms with Gasteiger partial charge < -0.3 is 10.1 Å². The summed E-state index contributed by atoms with van der Waals surface area (Å²) in [6, 6.07) is 19.1. The topological polar surface area (TPSA) is 56.1 Å². The second-order valence-electron chi connectivity index (χ2n) is 5.92. The van der Waals surface area contributed by atoms with Gasteiger partial charge in [0.05, 0.1) is 5.69 Å². The third-order valence-electron chi connectivity index (χ3n) is 4.05. The zero-order chi connectivity index (χ0) is 17.8. The Balaban J connectivity index is 1.78. The first-order valence-electron chi connectivity index (χ1n) is 8.17. The Morgan fingerprint density at radius 3 is 2.48 bits per heavy atom. The highest BCUT2D eigenvalue weighted by Crippen LogP contribution is 2.29. The molecule has 128 valence electrons. The molecule has 0 aliphatic heterocycles. The summed E-state index contributed by atoms with van der Waals surface area (Å²) in [6.45, 7) is 3.89. The van der Waals surface area contributed by atoms with Crippen molar-refractivity contribution in [2.75, 3.05) is 5.32 Å². The first-order chi connectivity index (χ1) is 12.0.